The summed E-state index contributed by atoms with van der Waals surface area (Å²) in [5, 5.41) is 10.9. The molecule has 0 amide bonds. The molecular formula is C19H25N3O2. The average Bonchev–Trinajstić information content (AvgIpc) is 2.57. The first-order valence-corrected chi connectivity index (χ1v) is 8.44. The van der Waals surface area contributed by atoms with Gasteiger partial charge in [0.1, 0.15) is 23.8 Å². The molecule has 1 aliphatic heterocycles. The maximum Gasteiger partial charge on any atom is 0.125 e. The van der Waals surface area contributed by atoms with Crippen LogP contribution in [0.2, 0.25) is 0 Å². The number of ether oxygens (including phenoxy) is 1. The van der Waals surface area contributed by atoms with Crippen LogP contribution in [0.25, 0.3) is 0 Å². The molecule has 1 atom stereocenters. The van der Waals surface area contributed by atoms with E-state index < -0.39 is 5.60 Å². The van der Waals surface area contributed by atoms with Gasteiger partial charge in [0.05, 0.1) is 0 Å². The van der Waals surface area contributed by atoms with Crippen molar-refractivity contribution in [3.05, 3.63) is 53.6 Å². The van der Waals surface area contributed by atoms with E-state index >= 15 is 0 Å². The van der Waals surface area contributed by atoms with E-state index in [-0.39, 0.29) is 0 Å². The second kappa shape index (κ2) is 7.28. The van der Waals surface area contributed by atoms with Crippen molar-refractivity contribution in [1.82, 2.24) is 14.9 Å². The highest BCUT2D eigenvalue weighted by Gasteiger charge is 2.34. The SMILES string of the molecule is Cc1ccc(OC[C@@]2(O)CCCN(Cc3cnc(C)nc3)C2)cc1. The number of β-amino-alcohol motifs (C(OH)–C–C–N with tert-alkyl or cyclic N) is 1. The zero-order chi connectivity index (χ0) is 17.0. The van der Waals surface area contributed by atoms with Crippen molar-refractivity contribution >= 4 is 0 Å². The van der Waals surface area contributed by atoms with Crippen LogP contribution in [0.1, 0.15) is 29.8 Å². The van der Waals surface area contributed by atoms with Crippen LogP contribution in [0.5, 0.6) is 5.75 Å². The van der Waals surface area contributed by atoms with Crippen LogP contribution >= 0.6 is 0 Å². The molecule has 24 heavy (non-hydrogen) atoms. The quantitative estimate of drug-likeness (QED) is 0.914. The van der Waals surface area contributed by atoms with Gasteiger partial charge >= 0.3 is 0 Å². The molecule has 5 heteroatoms. The number of aliphatic hydroxyl groups is 1. The van der Waals surface area contributed by atoms with E-state index in [0.717, 1.165) is 43.1 Å². The Morgan fingerprint density at radius 3 is 2.58 bits per heavy atom. The predicted octanol–water partition coefficient (Wildman–Crippen LogP) is 2.50. The van der Waals surface area contributed by atoms with Crippen LogP contribution in [-0.4, -0.2) is 45.3 Å². The Morgan fingerprint density at radius 2 is 1.88 bits per heavy atom. The van der Waals surface area contributed by atoms with E-state index in [0.29, 0.717) is 13.2 Å². The summed E-state index contributed by atoms with van der Waals surface area (Å²) < 4.78 is 5.82. The number of rotatable bonds is 5. The fourth-order valence-corrected chi connectivity index (χ4v) is 3.07. The molecule has 0 saturated carbocycles. The minimum Gasteiger partial charge on any atom is -0.491 e. The summed E-state index contributed by atoms with van der Waals surface area (Å²) in [5.41, 5.74) is 1.46. The molecule has 1 saturated heterocycles. The van der Waals surface area contributed by atoms with Crippen molar-refractivity contribution in [2.45, 2.75) is 38.8 Å². The third-order valence-corrected chi connectivity index (χ3v) is 4.40. The Hall–Kier alpha value is -1.98. The molecule has 1 fully saturated rings. The zero-order valence-electron chi connectivity index (χ0n) is 14.4. The van der Waals surface area contributed by atoms with Gasteiger partial charge in [0.2, 0.25) is 0 Å². The molecule has 0 bridgehead atoms. The van der Waals surface area contributed by atoms with Crippen molar-refractivity contribution in [3.8, 4) is 5.75 Å². The van der Waals surface area contributed by atoms with Gasteiger partial charge in [-0.15, -0.1) is 0 Å². The van der Waals surface area contributed by atoms with Crippen LogP contribution in [0, 0.1) is 13.8 Å². The minimum atomic E-state index is -0.811. The van der Waals surface area contributed by atoms with Crippen molar-refractivity contribution in [2.24, 2.45) is 0 Å². The number of nitrogens with zero attached hydrogens (tertiary/aromatic N) is 3. The fourth-order valence-electron chi connectivity index (χ4n) is 3.07. The fraction of sp³-hybridized carbons (Fsp3) is 0.474. The topological polar surface area (TPSA) is 58.5 Å². The van der Waals surface area contributed by atoms with E-state index in [1.807, 2.05) is 50.5 Å². The van der Waals surface area contributed by atoms with Gasteiger partial charge in [-0.25, -0.2) is 9.97 Å². The highest BCUT2D eigenvalue weighted by molar-refractivity contribution is 5.26. The lowest BCUT2D eigenvalue weighted by Crippen LogP contribution is -2.51. The summed E-state index contributed by atoms with van der Waals surface area (Å²) in [5.74, 6) is 1.58. The molecule has 1 N–H and O–H groups in total. The lowest BCUT2D eigenvalue weighted by molar-refractivity contribution is -0.0621. The molecule has 0 spiro atoms. The molecule has 2 aromatic rings. The normalized spacial score (nSPS) is 21.6. The van der Waals surface area contributed by atoms with Crippen LogP contribution in [0.15, 0.2) is 36.7 Å². The summed E-state index contributed by atoms with van der Waals surface area (Å²) in [4.78, 5) is 10.7. The molecule has 3 rings (SSSR count). The van der Waals surface area contributed by atoms with Gasteiger partial charge in [-0.05, 0) is 45.4 Å². The lowest BCUT2D eigenvalue weighted by Gasteiger charge is -2.38. The van der Waals surface area contributed by atoms with Crippen LogP contribution in [0.3, 0.4) is 0 Å². The Bertz CT molecular complexity index is 657. The Labute approximate surface area is 143 Å². The lowest BCUT2D eigenvalue weighted by atomic mass is 9.93. The number of aromatic nitrogens is 2. The number of piperidine rings is 1. The maximum absolute atomic E-state index is 10.9. The zero-order valence-corrected chi connectivity index (χ0v) is 14.4. The molecule has 128 valence electrons. The third-order valence-electron chi connectivity index (χ3n) is 4.40. The number of hydrogen-bond donors (Lipinski definition) is 1. The number of hydrogen-bond acceptors (Lipinski definition) is 5. The van der Waals surface area contributed by atoms with Crippen LogP contribution in [-0.2, 0) is 6.54 Å². The summed E-state index contributed by atoms with van der Waals surface area (Å²) in [6.45, 7) is 6.58. The minimum absolute atomic E-state index is 0.316. The molecule has 2 heterocycles. The molecule has 0 radical (unpaired) electrons. The highest BCUT2D eigenvalue weighted by atomic mass is 16.5. The standard InChI is InChI=1S/C19H25N3O2/c1-15-4-6-18(7-5-15)24-14-19(23)8-3-9-22(13-19)12-17-10-20-16(2)21-11-17/h4-7,10-11,23H,3,8-9,12-14H2,1-2H3/t19-/m1/s1. The van der Waals surface area contributed by atoms with Gasteiger partial charge in [-0.3, -0.25) is 4.90 Å². The molecular weight excluding hydrogens is 302 g/mol. The molecule has 0 unspecified atom stereocenters. The van der Waals surface area contributed by atoms with Gasteiger partial charge < -0.3 is 9.84 Å². The average molecular weight is 327 g/mol. The number of likely N-dealkylation sites (tertiary alicyclic amines) is 1. The largest absolute Gasteiger partial charge is 0.491 e. The van der Waals surface area contributed by atoms with Gasteiger partial charge in [-0.2, -0.15) is 0 Å². The van der Waals surface area contributed by atoms with E-state index in [1.54, 1.807) is 0 Å². The molecule has 1 aliphatic rings. The van der Waals surface area contributed by atoms with Crippen molar-refractivity contribution in [2.75, 3.05) is 19.7 Å². The first-order valence-electron chi connectivity index (χ1n) is 8.44. The van der Waals surface area contributed by atoms with Gasteiger partial charge in [0.15, 0.2) is 0 Å². The Balaban J connectivity index is 1.56. The summed E-state index contributed by atoms with van der Waals surface area (Å²) in [6, 6.07) is 7.93. The number of benzene rings is 1. The second-order valence-corrected chi connectivity index (χ2v) is 6.78. The first kappa shape index (κ1) is 16.9. The van der Waals surface area contributed by atoms with Gasteiger partial charge in [0.25, 0.3) is 0 Å². The van der Waals surface area contributed by atoms with Crippen LogP contribution < -0.4 is 4.74 Å². The monoisotopic (exact) mass is 327 g/mol. The summed E-state index contributed by atoms with van der Waals surface area (Å²) >= 11 is 0. The number of aryl methyl sites for hydroxylation is 2. The highest BCUT2D eigenvalue weighted by Crippen LogP contribution is 2.24. The molecule has 1 aromatic heterocycles. The Morgan fingerprint density at radius 1 is 1.17 bits per heavy atom. The summed E-state index contributed by atoms with van der Waals surface area (Å²) in [6.07, 6.45) is 5.44. The Kier molecular flexibility index (Phi) is 5.11. The van der Waals surface area contributed by atoms with E-state index in [9.17, 15) is 5.11 Å². The van der Waals surface area contributed by atoms with E-state index in [2.05, 4.69) is 14.9 Å². The van der Waals surface area contributed by atoms with Gasteiger partial charge in [0, 0.05) is 31.0 Å². The predicted molar refractivity (Wildman–Crippen MR) is 92.9 cm³/mol. The van der Waals surface area contributed by atoms with Gasteiger partial charge in [-0.1, -0.05) is 17.7 Å². The third kappa shape index (κ3) is 4.52. The molecule has 0 aliphatic carbocycles. The van der Waals surface area contributed by atoms with Crippen molar-refractivity contribution in [1.29, 1.82) is 0 Å². The molecule has 5 nitrogen and oxygen atoms in total. The van der Waals surface area contributed by atoms with Crippen molar-refractivity contribution in [3.63, 3.8) is 0 Å². The van der Waals surface area contributed by atoms with Crippen LogP contribution in [0.4, 0.5) is 0 Å². The first-order chi connectivity index (χ1) is 11.5. The maximum atomic E-state index is 10.9. The smallest absolute Gasteiger partial charge is 0.125 e. The second-order valence-electron chi connectivity index (χ2n) is 6.78. The van der Waals surface area contributed by atoms with E-state index in [1.165, 1.54) is 5.56 Å². The van der Waals surface area contributed by atoms with Crippen molar-refractivity contribution < 1.29 is 9.84 Å². The molecule has 1 aromatic carbocycles. The van der Waals surface area contributed by atoms with E-state index in [4.69, 9.17) is 4.74 Å². The summed E-state index contributed by atoms with van der Waals surface area (Å²) in [7, 11) is 0.